The van der Waals surface area contributed by atoms with Crippen molar-refractivity contribution in [3.8, 4) is 11.5 Å². The van der Waals surface area contributed by atoms with Gasteiger partial charge in [-0.05, 0) is 37.1 Å². The first-order valence-corrected chi connectivity index (χ1v) is 9.02. The molecule has 4 rings (SSSR count). The first kappa shape index (κ1) is 18.5. The summed E-state index contributed by atoms with van der Waals surface area (Å²) in [5.41, 5.74) is 0.456. The topological polar surface area (TPSA) is 127 Å². The van der Waals surface area contributed by atoms with Gasteiger partial charge in [0.15, 0.2) is 23.8 Å². The zero-order valence-electron chi connectivity index (χ0n) is 15.6. The molecule has 0 spiro atoms. The van der Waals surface area contributed by atoms with Crippen molar-refractivity contribution in [1.29, 1.82) is 0 Å². The molecule has 0 atom stereocenters. The normalized spacial score (nSPS) is 13.1. The Morgan fingerprint density at radius 1 is 1.28 bits per heavy atom. The Morgan fingerprint density at radius 3 is 2.86 bits per heavy atom. The summed E-state index contributed by atoms with van der Waals surface area (Å²) in [5, 5.41) is 11.8. The summed E-state index contributed by atoms with van der Waals surface area (Å²) < 4.78 is 12.1. The number of nitrogens with zero attached hydrogens (tertiary/aromatic N) is 2. The smallest absolute Gasteiger partial charge is 0.347 e. The molecule has 2 amide bonds. The number of hydrogen-bond donors (Lipinski definition) is 3. The number of fused-ring (bicyclic) bond motifs is 1. The predicted octanol–water partition coefficient (Wildman–Crippen LogP) is 0.941. The van der Waals surface area contributed by atoms with E-state index >= 15 is 0 Å². The molecule has 1 aromatic carbocycles. The number of aromatic amines is 1. The maximum atomic E-state index is 12.7. The van der Waals surface area contributed by atoms with E-state index in [4.69, 9.17) is 9.47 Å². The van der Waals surface area contributed by atoms with Gasteiger partial charge in [0.1, 0.15) is 0 Å². The molecule has 3 aromatic rings. The van der Waals surface area contributed by atoms with Crippen molar-refractivity contribution < 1.29 is 19.1 Å². The van der Waals surface area contributed by atoms with Crippen LogP contribution in [0.1, 0.15) is 23.2 Å². The minimum absolute atomic E-state index is 0.153. The summed E-state index contributed by atoms with van der Waals surface area (Å²) in [4.78, 5) is 36.2. The maximum Gasteiger partial charge on any atom is 0.347 e. The van der Waals surface area contributed by atoms with Crippen molar-refractivity contribution in [3.05, 3.63) is 52.6 Å². The Hall–Kier alpha value is -3.82. The molecule has 150 valence electrons. The van der Waals surface area contributed by atoms with Crippen molar-refractivity contribution >= 4 is 23.1 Å². The highest BCUT2D eigenvalue weighted by atomic mass is 16.5. The Bertz CT molecular complexity index is 1130. The fraction of sp³-hybridized carbons (Fsp3) is 0.263. The molecule has 0 saturated heterocycles. The Balaban J connectivity index is 1.51. The van der Waals surface area contributed by atoms with Crippen LogP contribution in [0, 0.1) is 0 Å². The third-order valence-corrected chi connectivity index (χ3v) is 4.41. The van der Waals surface area contributed by atoms with E-state index in [0.717, 1.165) is 12.8 Å². The summed E-state index contributed by atoms with van der Waals surface area (Å²) in [6.07, 6.45) is 3.50. The number of methoxy groups -OCH3 is 1. The second-order valence-electron chi connectivity index (χ2n) is 6.59. The van der Waals surface area contributed by atoms with Gasteiger partial charge in [-0.1, -0.05) is 0 Å². The second-order valence-corrected chi connectivity index (χ2v) is 6.59. The van der Waals surface area contributed by atoms with Crippen LogP contribution in [0.15, 0.2) is 41.3 Å². The fourth-order valence-electron chi connectivity index (χ4n) is 2.82. The molecule has 1 saturated carbocycles. The van der Waals surface area contributed by atoms with E-state index in [0.29, 0.717) is 17.2 Å². The van der Waals surface area contributed by atoms with Crippen molar-refractivity contribution in [2.75, 3.05) is 19.0 Å². The summed E-state index contributed by atoms with van der Waals surface area (Å²) >= 11 is 0. The van der Waals surface area contributed by atoms with Crippen LogP contribution in [0.25, 0.3) is 5.65 Å². The van der Waals surface area contributed by atoms with Gasteiger partial charge in [0.25, 0.3) is 11.8 Å². The first-order chi connectivity index (χ1) is 14.0. The van der Waals surface area contributed by atoms with Crippen LogP contribution in [-0.4, -0.2) is 46.2 Å². The van der Waals surface area contributed by atoms with E-state index in [2.05, 4.69) is 20.8 Å². The molecule has 0 bridgehead atoms. The number of rotatable bonds is 7. The highest BCUT2D eigenvalue weighted by molar-refractivity contribution is 6.08. The van der Waals surface area contributed by atoms with Gasteiger partial charge in [0.05, 0.1) is 12.7 Å². The molecule has 0 unspecified atom stereocenters. The van der Waals surface area contributed by atoms with Gasteiger partial charge in [-0.25, -0.2) is 14.3 Å². The Kier molecular flexibility index (Phi) is 4.90. The van der Waals surface area contributed by atoms with Crippen molar-refractivity contribution in [1.82, 2.24) is 19.9 Å². The summed E-state index contributed by atoms with van der Waals surface area (Å²) in [6, 6.07) is 8.23. The lowest BCUT2D eigenvalue weighted by Crippen LogP contribution is -2.30. The number of aromatic nitrogens is 3. The van der Waals surface area contributed by atoms with Crippen molar-refractivity contribution in [3.63, 3.8) is 0 Å². The first-order valence-electron chi connectivity index (χ1n) is 9.02. The molecule has 10 nitrogen and oxygen atoms in total. The number of nitrogens with one attached hydrogen (secondary N) is 3. The summed E-state index contributed by atoms with van der Waals surface area (Å²) in [7, 11) is 1.49. The van der Waals surface area contributed by atoms with Crippen LogP contribution in [0.5, 0.6) is 11.5 Å². The van der Waals surface area contributed by atoms with Crippen molar-refractivity contribution in [2.45, 2.75) is 18.9 Å². The lowest BCUT2D eigenvalue weighted by molar-refractivity contribution is -0.123. The third-order valence-electron chi connectivity index (χ3n) is 4.41. The van der Waals surface area contributed by atoms with Crippen LogP contribution in [0.4, 0.5) is 5.69 Å². The number of amides is 2. The number of benzene rings is 1. The van der Waals surface area contributed by atoms with Crippen LogP contribution in [0.2, 0.25) is 0 Å². The molecule has 3 N–H and O–H groups in total. The molecule has 29 heavy (non-hydrogen) atoms. The molecule has 2 aromatic heterocycles. The maximum absolute atomic E-state index is 12.7. The number of ether oxygens (including phenoxy) is 2. The van der Waals surface area contributed by atoms with Gasteiger partial charge in [0.2, 0.25) is 0 Å². The molecule has 2 heterocycles. The monoisotopic (exact) mass is 397 g/mol. The SMILES string of the molecule is COc1ccc(NC(=O)c2cccn3c(=O)[nH]nc23)cc1OCC(=O)NC1CC1. The van der Waals surface area contributed by atoms with Gasteiger partial charge < -0.3 is 20.1 Å². The average molecular weight is 397 g/mol. The molecule has 1 aliphatic carbocycles. The standard InChI is InChI=1S/C19H19N5O5/c1-28-14-7-6-12(9-15(14)29-10-16(25)20-11-4-5-11)21-18(26)13-3-2-8-24-17(13)22-23-19(24)27/h2-3,6-9,11H,4-5,10H2,1H3,(H,20,25)(H,21,26)(H,23,27). The Morgan fingerprint density at radius 2 is 2.10 bits per heavy atom. The number of carbonyl (C=O) groups excluding carboxylic acids is 2. The molecule has 10 heteroatoms. The van der Waals surface area contributed by atoms with E-state index in [1.165, 1.54) is 17.7 Å². The number of H-pyrrole nitrogens is 1. The van der Waals surface area contributed by atoms with Gasteiger partial charge in [0, 0.05) is 24.0 Å². The highest BCUT2D eigenvalue weighted by Crippen LogP contribution is 2.30. The molecular formula is C19H19N5O5. The number of pyridine rings is 1. The summed E-state index contributed by atoms with van der Waals surface area (Å²) in [6.45, 7) is -0.153. The molecular weight excluding hydrogens is 378 g/mol. The van der Waals surface area contributed by atoms with Crippen molar-refractivity contribution in [2.24, 2.45) is 0 Å². The highest BCUT2D eigenvalue weighted by Gasteiger charge is 2.23. The molecule has 1 aliphatic rings. The lowest BCUT2D eigenvalue weighted by atomic mass is 10.2. The van der Waals surface area contributed by atoms with Gasteiger partial charge in [-0.2, -0.15) is 5.10 Å². The zero-order chi connectivity index (χ0) is 20.4. The zero-order valence-corrected chi connectivity index (χ0v) is 15.6. The summed E-state index contributed by atoms with van der Waals surface area (Å²) in [5.74, 6) is 0.102. The molecule has 0 radical (unpaired) electrons. The van der Waals surface area contributed by atoms with E-state index in [-0.39, 0.29) is 29.8 Å². The van der Waals surface area contributed by atoms with E-state index in [1.54, 1.807) is 30.3 Å². The third kappa shape index (κ3) is 4.05. The van der Waals surface area contributed by atoms with E-state index in [1.807, 2.05) is 0 Å². The van der Waals surface area contributed by atoms with Gasteiger partial charge >= 0.3 is 5.69 Å². The minimum atomic E-state index is -0.447. The Labute approximate surface area is 164 Å². The van der Waals surface area contributed by atoms with E-state index in [9.17, 15) is 14.4 Å². The number of hydrogen-bond acceptors (Lipinski definition) is 6. The van der Waals surface area contributed by atoms with Gasteiger partial charge in [-0.15, -0.1) is 0 Å². The predicted molar refractivity (Wildman–Crippen MR) is 103 cm³/mol. The molecule has 0 aliphatic heterocycles. The van der Waals surface area contributed by atoms with Crippen LogP contribution in [0.3, 0.4) is 0 Å². The number of carbonyl (C=O) groups is 2. The fourth-order valence-corrected chi connectivity index (χ4v) is 2.82. The van der Waals surface area contributed by atoms with E-state index < -0.39 is 11.6 Å². The van der Waals surface area contributed by atoms with Crippen LogP contribution in [-0.2, 0) is 4.79 Å². The quantitative estimate of drug-likeness (QED) is 0.545. The molecule has 1 fully saturated rings. The average Bonchev–Trinajstić information content (AvgIpc) is 3.46. The number of anilines is 1. The van der Waals surface area contributed by atoms with Crippen LogP contribution >= 0.6 is 0 Å². The van der Waals surface area contributed by atoms with Gasteiger partial charge in [-0.3, -0.25) is 9.59 Å². The lowest BCUT2D eigenvalue weighted by Gasteiger charge is -2.13. The van der Waals surface area contributed by atoms with Crippen LogP contribution < -0.4 is 25.8 Å². The second kappa shape index (κ2) is 7.66. The largest absolute Gasteiger partial charge is 0.493 e. The minimum Gasteiger partial charge on any atom is -0.493 e.